The molecular weight excluding hydrogens is 366 g/mol. The van der Waals surface area contributed by atoms with Crippen molar-refractivity contribution in [3.8, 4) is 22.8 Å². The zero-order chi connectivity index (χ0) is 17.6. The highest BCUT2D eigenvalue weighted by Crippen LogP contribution is 2.40. The summed E-state index contributed by atoms with van der Waals surface area (Å²) in [6, 6.07) is 2.56. The summed E-state index contributed by atoms with van der Waals surface area (Å²) < 4.78 is 5.40. The zero-order valence-electron chi connectivity index (χ0n) is 12.8. The Labute approximate surface area is 151 Å². The number of hydrogen-bond donors (Lipinski definition) is 2. The summed E-state index contributed by atoms with van der Waals surface area (Å²) in [5.74, 6) is -0.224. The molecule has 2 N–H and O–H groups in total. The van der Waals surface area contributed by atoms with Crippen LogP contribution < -0.4 is 0 Å². The molecule has 0 spiro atoms. The summed E-state index contributed by atoms with van der Waals surface area (Å²) in [6.07, 6.45) is 0.543. The van der Waals surface area contributed by atoms with Gasteiger partial charge in [-0.15, -0.1) is 11.3 Å². The van der Waals surface area contributed by atoms with Crippen molar-refractivity contribution in [1.29, 1.82) is 0 Å². The van der Waals surface area contributed by atoms with Crippen LogP contribution in [0, 0.1) is 0 Å². The molecule has 7 nitrogen and oxygen atoms in total. The summed E-state index contributed by atoms with van der Waals surface area (Å²) in [4.78, 5) is 18.2. The van der Waals surface area contributed by atoms with Crippen LogP contribution in [-0.2, 0) is 13.0 Å². The molecule has 25 heavy (non-hydrogen) atoms. The maximum Gasteiger partial charge on any atom is 0.273 e. The minimum atomic E-state index is -0.225. The molecule has 0 unspecified atom stereocenters. The number of carbonyl (C=O) groups excluding carboxylic acids is 1. The van der Waals surface area contributed by atoms with Crippen molar-refractivity contribution in [2.24, 2.45) is 0 Å². The van der Waals surface area contributed by atoms with Gasteiger partial charge in [0.15, 0.2) is 5.76 Å². The monoisotopic (exact) mass is 377 g/mol. The Hall–Kier alpha value is -2.58. The fraction of sp³-hybridized carbons (Fsp3) is 0.188. The zero-order valence-corrected chi connectivity index (χ0v) is 14.3. The first kappa shape index (κ1) is 15.9. The van der Waals surface area contributed by atoms with Crippen LogP contribution in [0.15, 0.2) is 27.5 Å². The van der Waals surface area contributed by atoms with Crippen molar-refractivity contribution in [1.82, 2.24) is 15.0 Å². The van der Waals surface area contributed by atoms with Gasteiger partial charge >= 0.3 is 0 Å². The Bertz CT molecular complexity index is 955. The number of aromatic hydroxyl groups is 2. The number of fused-ring (bicyclic) bond motifs is 1. The molecule has 0 saturated carbocycles. The maximum atomic E-state index is 12.5. The smallest absolute Gasteiger partial charge is 0.273 e. The van der Waals surface area contributed by atoms with Gasteiger partial charge in [0.1, 0.15) is 17.2 Å². The lowest BCUT2D eigenvalue weighted by molar-refractivity contribution is 0.0729. The van der Waals surface area contributed by atoms with Gasteiger partial charge in [-0.2, -0.15) is 0 Å². The lowest BCUT2D eigenvalue weighted by Gasteiger charge is -2.25. The molecule has 2 aromatic heterocycles. The second-order valence-electron chi connectivity index (χ2n) is 5.61. The molecule has 1 aliphatic rings. The molecule has 4 rings (SSSR count). The quantitative estimate of drug-likeness (QED) is 0.712. The number of hydrogen-bond acceptors (Lipinski definition) is 7. The highest BCUT2D eigenvalue weighted by atomic mass is 35.5. The van der Waals surface area contributed by atoms with Gasteiger partial charge < -0.3 is 19.6 Å². The average molecular weight is 378 g/mol. The summed E-state index contributed by atoms with van der Waals surface area (Å²) in [5.41, 5.74) is 3.79. The van der Waals surface area contributed by atoms with Crippen molar-refractivity contribution in [2.75, 3.05) is 6.54 Å². The Balaban J connectivity index is 1.70. The van der Waals surface area contributed by atoms with Crippen molar-refractivity contribution in [3.63, 3.8) is 0 Å². The van der Waals surface area contributed by atoms with E-state index in [1.807, 2.05) is 0 Å². The van der Waals surface area contributed by atoms with Gasteiger partial charge in [-0.05, 0) is 6.07 Å². The number of rotatable bonds is 2. The standard InChI is InChI=1S/C16H12ClN3O4S/c17-10-3-8(13(21)4-14(10)22)15-9-5-20(2-1-11(9)19-24-15)16(23)12-6-25-7-18-12/h3-4,6-7,21-22H,1-2,5H2. The van der Waals surface area contributed by atoms with E-state index in [1.54, 1.807) is 15.8 Å². The third-order valence-corrected chi connectivity index (χ3v) is 4.97. The minimum Gasteiger partial charge on any atom is -0.507 e. The van der Waals surface area contributed by atoms with E-state index in [9.17, 15) is 15.0 Å². The summed E-state index contributed by atoms with van der Waals surface area (Å²) >= 11 is 7.30. The SMILES string of the molecule is O=C(c1cscn1)N1CCc2noc(-c3cc(Cl)c(O)cc3O)c2C1. The van der Waals surface area contributed by atoms with E-state index in [2.05, 4.69) is 10.1 Å². The molecule has 1 aliphatic heterocycles. The van der Waals surface area contributed by atoms with Gasteiger partial charge in [0.05, 0.1) is 28.3 Å². The van der Waals surface area contributed by atoms with Crippen LogP contribution in [-0.4, -0.2) is 37.7 Å². The molecule has 0 fully saturated rings. The van der Waals surface area contributed by atoms with Gasteiger partial charge in [0.2, 0.25) is 0 Å². The molecule has 3 heterocycles. The summed E-state index contributed by atoms with van der Waals surface area (Å²) in [5, 5.41) is 25.5. The first-order valence-corrected chi connectivity index (χ1v) is 8.73. The molecule has 1 aromatic carbocycles. The van der Waals surface area contributed by atoms with Crippen LogP contribution in [0.3, 0.4) is 0 Å². The van der Waals surface area contributed by atoms with Gasteiger partial charge in [0, 0.05) is 30.0 Å². The molecule has 0 aliphatic carbocycles. The fourth-order valence-corrected chi connectivity index (χ4v) is 3.50. The number of amides is 1. The molecular formula is C16H12ClN3O4S. The molecule has 0 radical (unpaired) electrons. The van der Waals surface area contributed by atoms with E-state index in [4.69, 9.17) is 16.1 Å². The number of aromatic nitrogens is 2. The Morgan fingerprint density at radius 1 is 1.32 bits per heavy atom. The maximum absolute atomic E-state index is 12.5. The molecule has 3 aromatic rings. The number of carbonyl (C=O) groups is 1. The minimum absolute atomic E-state index is 0.0872. The van der Waals surface area contributed by atoms with Crippen LogP contribution in [0.4, 0.5) is 0 Å². The molecule has 128 valence electrons. The van der Waals surface area contributed by atoms with Gasteiger partial charge in [-0.25, -0.2) is 4.98 Å². The largest absolute Gasteiger partial charge is 0.507 e. The Morgan fingerprint density at radius 2 is 2.16 bits per heavy atom. The van der Waals surface area contributed by atoms with Crippen molar-refractivity contribution in [3.05, 3.63) is 45.0 Å². The van der Waals surface area contributed by atoms with Crippen LogP contribution in [0.1, 0.15) is 21.7 Å². The van der Waals surface area contributed by atoms with Crippen molar-refractivity contribution in [2.45, 2.75) is 13.0 Å². The first-order valence-electron chi connectivity index (χ1n) is 7.41. The van der Waals surface area contributed by atoms with Gasteiger partial charge in [-0.3, -0.25) is 4.79 Å². The number of thiazole rings is 1. The van der Waals surface area contributed by atoms with Crippen LogP contribution in [0.5, 0.6) is 11.5 Å². The first-order chi connectivity index (χ1) is 12.0. The molecule has 9 heteroatoms. The predicted molar refractivity (Wildman–Crippen MR) is 90.8 cm³/mol. The third-order valence-electron chi connectivity index (χ3n) is 4.09. The average Bonchev–Trinajstić information content (AvgIpc) is 3.26. The number of benzene rings is 1. The normalized spacial score (nSPS) is 13.7. The lowest BCUT2D eigenvalue weighted by Crippen LogP contribution is -2.36. The predicted octanol–water partition coefficient (Wildman–Crippen LogP) is 3.06. The van der Waals surface area contributed by atoms with Crippen LogP contribution >= 0.6 is 22.9 Å². The third kappa shape index (κ3) is 2.73. The van der Waals surface area contributed by atoms with Gasteiger partial charge in [0.25, 0.3) is 5.91 Å². The van der Waals surface area contributed by atoms with E-state index in [0.29, 0.717) is 42.1 Å². The second kappa shape index (κ2) is 6.05. The highest BCUT2D eigenvalue weighted by molar-refractivity contribution is 7.07. The summed E-state index contributed by atoms with van der Waals surface area (Å²) in [7, 11) is 0. The van der Waals surface area contributed by atoms with Crippen LogP contribution in [0.25, 0.3) is 11.3 Å². The molecule has 0 atom stereocenters. The summed E-state index contributed by atoms with van der Waals surface area (Å²) in [6.45, 7) is 0.806. The van der Waals surface area contributed by atoms with Crippen molar-refractivity contribution >= 4 is 28.8 Å². The van der Waals surface area contributed by atoms with E-state index >= 15 is 0 Å². The second-order valence-corrected chi connectivity index (χ2v) is 6.73. The lowest BCUT2D eigenvalue weighted by atomic mass is 10.0. The highest BCUT2D eigenvalue weighted by Gasteiger charge is 2.29. The Morgan fingerprint density at radius 3 is 2.92 bits per heavy atom. The topological polar surface area (TPSA) is 99.7 Å². The number of phenolic OH excluding ortho intramolecular Hbond substituents is 2. The van der Waals surface area contributed by atoms with E-state index in [1.165, 1.54) is 17.4 Å². The Kier molecular flexibility index (Phi) is 3.85. The van der Waals surface area contributed by atoms with Crippen LogP contribution in [0.2, 0.25) is 5.02 Å². The number of halogens is 1. The fourth-order valence-electron chi connectivity index (χ4n) is 2.81. The van der Waals surface area contributed by atoms with Crippen molar-refractivity contribution < 1.29 is 19.5 Å². The van der Waals surface area contributed by atoms with Gasteiger partial charge in [-0.1, -0.05) is 16.8 Å². The van der Waals surface area contributed by atoms with E-state index in [-0.39, 0.29) is 22.4 Å². The molecule has 0 bridgehead atoms. The number of phenols is 2. The molecule has 1 amide bonds. The van der Waals surface area contributed by atoms with E-state index < -0.39 is 0 Å². The number of nitrogens with zero attached hydrogens (tertiary/aromatic N) is 3. The molecule has 0 saturated heterocycles. The van der Waals surface area contributed by atoms with E-state index in [0.717, 1.165) is 11.8 Å².